The van der Waals surface area contributed by atoms with Crippen LogP contribution in [0.25, 0.3) is 0 Å². The van der Waals surface area contributed by atoms with Gasteiger partial charge in [0.1, 0.15) is 11.8 Å². The Morgan fingerprint density at radius 3 is 2.34 bits per heavy atom. The number of hydrogen-bond donors (Lipinski definition) is 2. The normalized spacial score (nSPS) is 14.9. The zero-order valence-electron chi connectivity index (χ0n) is 20.7. The van der Waals surface area contributed by atoms with Gasteiger partial charge in [-0.3, -0.25) is 24.7 Å². The van der Waals surface area contributed by atoms with Crippen molar-refractivity contribution in [1.29, 1.82) is 0 Å². The Morgan fingerprint density at radius 1 is 1.00 bits per heavy atom. The lowest BCUT2D eigenvalue weighted by Gasteiger charge is -2.24. The molecule has 1 atom stereocenters. The maximum absolute atomic E-state index is 13.5. The number of rotatable bonds is 10. The predicted molar refractivity (Wildman–Crippen MR) is 152 cm³/mol. The van der Waals surface area contributed by atoms with Crippen LogP contribution in [-0.2, 0) is 16.1 Å². The van der Waals surface area contributed by atoms with E-state index in [9.17, 15) is 14.4 Å². The molecule has 0 bridgehead atoms. The number of nitrogens with one attached hydrogen (secondary N) is 2. The summed E-state index contributed by atoms with van der Waals surface area (Å²) in [6.07, 6.45) is 0.685. The second-order valence-corrected chi connectivity index (χ2v) is 9.93. The van der Waals surface area contributed by atoms with E-state index in [1.54, 1.807) is 48.5 Å². The van der Waals surface area contributed by atoms with Crippen molar-refractivity contribution in [2.45, 2.75) is 32.4 Å². The number of halogens is 1. The van der Waals surface area contributed by atoms with E-state index in [2.05, 4.69) is 26.7 Å². The fourth-order valence-corrected chi connectivity index (χ4v) is 4.47. The first-order valence-electron chi connectivity index (χ1n) is 12.1. The number of ether oxygens (including phenoxy) is 1. The van der Waals surface area contributed by atoms with E-state index in [0.29, 0.717) is 23.6 Å². The van der Waals surface area contributed by atoms with Crippen LogP contribution in [0.3, 0.4) is 0 Å². The molecule has 0 spiro atoms. The van der Waals surface area contributed by atoms with Crippen LogP contribution >= 0.6 is 28.1 Å². The molecule has 3 aromatic rings. The van der Waals surface area contributed by atoms with Gasteiger partial charge in [-0.2, -0.15) is 0 Å². The first-order chi connectivity index (χ1) is 18.4. The molecule has 0 aromatic heterocycles. The van der Waals surface area contributed by atoms with Crippen molar-refractivity contribution in [3.63, 3.8) is 0 Å². The van der Waals surface area contributed by atoms with Crippen molar-refractivity contribution in [1.82, 2.24) is 15.3 Å². The topological polar surface area (TPSA) is 91.0 Å². The fourth-order valence-electron chi connectivity index (χ4n) is 3.88. The summed E-state index contributed by atoms with van der Waals surface area (Å²) >= 11 is 8.95. The Hall–Kier alpha value is -3.76. The number of hydrazine groups is 1. The van der Waals surface area contributed by atoms with Gasteiger partial charge in [-0.1, -0.05) is 53.2 Å². The summed E-state index contributed by atoms with van der Waals surface area (Å²) in [5, 5.41) is 4.25. The van der Waals surface area contributed by atoms with Gasteiger partial charge < -0.3 is 10.1 Å². The Labute approximate surface area is 235 Å². The van der Waals surface area contributed by atoms with Crippen molar-refractivity contribution in [2.24, 2.45) is 0 Å². The van der Waals surface area contributed by atoms with Crippen LogP contribution < -0.4 is 15.5 Å². The van der Waals surface area contributed by atoms with Crippen LogP contribution in [0.5, 0.6) is 5.75 Å². The number of nitrogens with zero attached hydrogens (tertiary/aromatic N) is 2. The zero-order chi connectivity index (χ0) is 27.1. The third-order valence-electron chi connectivity index (χ3n) is 5.80. The highest BCUT2D eigenvalue weighted by molar-refractivity contribution is 9.10. The van der Waals surface area contributed by atoms with Gasteiger partial charge in [0.25, 0.3) is 11.8 Å². The summed E-state index contributed by atoms with van der Waals surface area (Å²) in [5.41, 5.74) is 4.56. The Morgan fingerprint density at radius 2 is 1.68 bits per heavy atom. The minimum atomic E-state index is -1.00. The molecular weight excluding hydrogens is 568 g/mol. The summed E-state index contributed by atoms with van der Waals surface area (Å²) in [4.78, 5) is 40.8. The molecule has 196 valence electrons. The molecule has 1 unspecified atom stereocenters. The number of thiocarbonyl (C=S) groups is 1. The summed E-state index contributed by atoms with van der Waals surface area (Å²) in [6.45, 7) is 2.85. The van der Waals surface area contributed by atoms with Crippen LogP contribution in [-0.4, -0.2) is 45.4 Å². The van der Waals surface area contributed by atoms with E-state index in [0.717, 1.165) is 16.5 Å². The van der Waals surface area contributed by atoms with Crippen LogP contribution in [0.2, 0.25) is 0 Å². The maximum atomic E-state index is 13.5. The van der Waals surface area contributed by atoms with Gasteiger partial charge in [0.15, 0.2) is 5.11 Å². The quantitative estimate of drug-likeness (QED) is 0.324. The van der Waals surface area contributed by atoms with Gasteiger partial charge in [-0.25, -0.2) is 5.01 Å². The molecule has 0 aliphatic carbocycles. The largest absolute Gasteiger partial charge is 0.494 e. The summed E-state index contributed by atoms with van der Waals surface area (Å²) in [6, 6.07) is 22.2. The van der Waals surface area contributed by atoms with Gasteiger partial charge in [0.05, 0.1) is 19.6 Å². The number of hydrogen-bond acceptors (Lipinski definition) is 5. The van der Waals surface area contributed by atoms with E-state index in [4.69, 9.17) is 17.0 Å². The number of carbonyl (C=O) groups is 3. The number of benzene rings is 3. The molecule has 3 aromatic carbocycles. The lowest BCUT2D eigenvalue weighted by Crippen LogP contribution is -2.49. The molecule has 1 fully saturated rings. The van der Waals surface area contributed by atoms with E-state index in [1.165, 1.54) is 9.91 Å². The van der Waals surface area contributed by atoms with Crippen molar-refractivity contribution in [3.8, 4) is 5.75 Å². The van der Waals surface area contributed by atoms with Gasteiger partial charge in [0.2, 0.25) is 5.91 Å². The van der Waals surface area contributed by atoms with Crippen LogP contribution in [0.15, 0.2) is 83.3 Å². The first-order valence-corrected chi connectivity index (χ1v) is 13.3. The highest BCUT2D eigenvalue weighted by Gasteiger charge is 2.44. The predicted octanol–water partition coefficient (Wildman–Crippen LogP) is 4.91. The van der Waals surface area contributed by atoms with Crippen molar-refractivity contribution in [3.05, 3.63) is 94.5 Å². The van der Waals surface area contributed by atoms with E-state index in [1.807, 2.05) is 37.3 Å². The van der Waals surface area contributed by atoms with Crippen LogP contribution in [0.4, 0.5) is 5.69 Å². The second kappa shape index (κ2) is 12.7. The Kier molecular flexibility index (Phi) is 9.09. The lowest BCUT2D eigenvalue weighted by molar-refractivity contribution is -0.131. The molecule has 2 N–H and O–H groups in total. The molecule has 38 heavy (non-hydrogen) atoms. The number of carbonyl (C=O) groups excluding carboxylic acids is 3. The number of anilines is 1. The first kappa shape index (κ1) is 27.3. The molecule has 1 aliphatic heterocycles. The standard InChI is InChI=1S/C28H27BrN4O4S/c1-2-16-37-23-14-12-22(13-15-23)30-25(34)17-24-27(36)32(18-19-6-4-3-5-7-19)28(38)33(24)31-26(35)20-8-10-21(29)11-9-20/h3-15,24H,2,16-18H2,1H3,(H,30,34)(H,31,35). The van der Waals surface area contributed by atoms with Gasteiger partial charge >= 0.3 is 0 Å². The molecule has 8 nitrogen and oxygen atoms in total. The molecule has 1 heterocycles. The Bertz CT molecular complexity index is 1300. The van der Waals surface area contributed by atoms with Crippen molar-refractivity contribution >= 4 is 56.7 Å². The average molecular weight is 596 g/mol. The molecule has 0 radical (unpaired) electrons. The van der Waals surface area contributed by atoms with Crippen LogP contribution in [0, 0.1) is 0 Å². The summed E-state index contributed by atoms with van der Waals surface area (Å²) < 4.78 is 6.40. The SMILES string of the molecule is CCCOc1ccc(NC(=O)CC2C(=O)N(Cc3ccccc3)C(=S)N2NC(=O)c2ccc(Br)cc2)cc1. The van der Waals surface area contributed by atoms with Crippen molar-refractivity contribution in [2.75, 3.05) is 11.9 Å². The zero-order valence-corrected chi connectivity index (χ0v) is 23.1. The molecule has 10 heteroatoms. The molecule has 0 saturated carbocycles. The third kappa shape index (κ3) is 6.76. The van der Waals surface area contributed by atoms with Gasteiger partial charge in [-0.05, 0) is 72.7 Å². The van der Waals surface area contributed by atoms with E-state index in [-0.39, 0.29) is 24.0 Å². The van der Waals surface area contributed by atoms with E-state index >= 15 is 0 Å². The molecule has 1 saturated heterocycles. The lowest BCUT2D eigenvalue weighted by atomic mass is 10.1. The fraction of sp³-hybridized carbons (Fsp3) is 0.214. The molecular formula is C28H27BrN4O4S. The maximum Gasteiger partial charge on any atom is 0.269 e. The monoisotopic (exact) mass is 594 g/mol. The molecule has 1 aliphatic rings. The van der Waals surface area contributed by atoms with Crippen molar-refractivity contribution < 1.29 is 19.1 Å². The molecule has 4 rings (SSSR count). The smallest absolute Gasteiger partial charge is 0.269 e. The molecule has 3 amide bonds. The highest BCUT2D eigenvalue weighted by atomic mass is 79.9. The summed E-state index contributed by atoms with van der Waals surface area (Å²) in [5.74, 6) is -0.493. The second-order valence-electron chi connectivity index (χ2n) is 8.65. The highest BCUT2D eigenvalue weighted by Crippen LogP contribution is 2.23. The van der Waals surface area contributed by atoms with Crippen LogP contribution in [0.1, 0.15) is 35.7 Å². The summed E-state index contributed by atoms with van der Waals surface area (Å²) in [7, 11) is 0. The van der Waals surface area contributed by atoms with Gasteiger partial charge in [0, 0.05) is 15.7 Å². The minimum absolute atomic E-state index is 0.125. The average Bonchev–Trinajstić information content (AvgIpc) is 3.13. The number of amides is 3. The van der Waals surface area contributed by atoms with E-state index < -0.39 is 17.9 Å². The minimum Gasteiger partial charge on any atom is -0.494 e. The third-order valence-corrected chi connectivity index (χ3v) is 6.75. The van der Waals surface area contributed by atoms with Gasteiger partial charge in [-0.15, -0.1) is 0 Å². The Balaban J connectivity index is 1.50.